The van der Waals surface area contributed by atoms with E-state index in [1.807, 2.05) is 53.4 Å². The zero-order valence-corrected chi connectivity index (χ0v) is 19.5. The van der Waals surface area contributed by atoms with Gasteiger partial charge in [0.1, 0.15) is 0 Å². The molecule has 6 nitrogen and oxygen atoms in total. The molecule has 0 spiro atoms. The second-order valence-corrected chi connectivity index (χ2v) is 8.78. The van der Waals surface area contributed by atoms with Crippen molar-refractivity contribution in [3.05, 3.63) is 52.9 Å². The zero-order valence-electron chi connectivity index (χ0n) is 18.7. The van der Waals surface area contributed by atoms with Crippen LogP contribution in [-0.2, 0) is 4.79 Å². The van der Waals surface area contributed by atoms with Crippen molar-refractivity contribution in [3.8, 4) is 17.2 Å². The van der Waals surface area contributed by atoms with Gasteiger partial charge in [0.25, 0.3) is 5.91 Å². The molecule has 1 amide bonds. The van der Waals surface area contributed by atoms with Gasteiger partial charge >= 0.3 is 0 Å². The molecule has 0 radical (unpaired) electrons. The highest BCUT2D eigenvalue weighted by Gasteiger charge is 2.38. The van der Waals surface area contributed by atoms with Gasteiger partial charge in [-0.15, -0.1) is 0 Å². The average Bonchev–Trinajstić information content (AvgIpc) is 3.13. The highest BCUT2D eigenvalue weighted by Crippen LogP contribution is 2.42. The summed E-state index contributed by atoms with van der Waals surface area (Å²) in [4.78, 5) is 20.9. The van der Waals surface area contributed by atoms with E-state index in [-0.39, 0.29) is 11.9 Å². The summed E-state index contributed by atoms with van der Waals surface area (Å²) in [5, 5.41) is 0.742. The van der Waals surface area contributed by atoms with E-state index in [1.165, 1.54) is 18.2 Å². The maximum absolute atomic E-state index is 13.5. The summed E-state index contributed by atoms with van der Waals surface area (Å²) in [7, 11) is 4.74. The van der Waals surface area contributed by atoms with Crippen LogP contribution in [0.4, 0.5) is 5.69 Å². The Morgan fingerprint density at radius 1 is 0.969 bits per heavy atom. The number of aliphatic imine (C=N–C) groups is 1. The lowest BCUT2D eigenvalue weighted by atomic mass is 9.94. The van der Waals surface area contributed by atoms with Gasteiger partial charge in [-0.2, -0.15) is 0 Å². The predicted octanol–water partition coefficient (Wildman–Crippen LogP) is 5.65. The number of carbonyl (C=O) groups is 1. The molecule has 7 heteroatoms. The number of para-hydroxylation sites is 1. The largest absolute Gasteiger partial charge is 0.493 e. The van der Waals surface area contributed by atoms with Gasteiger partial charge in [0.15, 0.2) is 16.7 Å². The summed E-state index contributed by atoms with van der Waals surface area (Å²) in [5.74, 6) is 1.64. The van der Waals surface area contributed by atoms with Gasteiger partial charge in [-0.25, -0.2) is 4.99 Å². The van der Waals surface area contributed by atoms with Gasteiger partial charge in [0.2, 0.25) is 5.75 Å². The molecule has 0 unspecified atom stereocenters. The van der Waals surface area contributed by atoms with Crippen LogP contribution in [0.2, 0.25) is 0 Å². The second-order valence-electron chi connectivity index (χ2n) is 7.77. The van der Waals surface area contributed by atoms with E-state index in [1.54, 1.807) is 21.3 Å². The number of benzene rings is 2. The minimum Gasteiger partial charge on any atom is -0.493 e. The smallest absolute Gasteiger partial charge is 0.267 e. The number of methoxy groups -OCH3 is 3. The number of thioether (sulfide) groups is 1. The minimum atomic E-state index is 0.00494. The van der Waals surface area contributed by atoms with Crippen LogP contribution in [-0.4, -0.2) is 43.3 Å². The maximum atomic E-state index is 13.5. The predicted molar refractivity (Wildman–Crippen MR) is 129 cm³/mol. The van der Waals surface area contributed by atoms with Gasteiger partial charge < -0.3 is 14.2 Å². The fraction of sp³-hybridized carbons (Fsp3) is 0.360. The highest BCUT2D eigenvalue weighted by atomic mass is 32.2. The van der Waals surface area contributed by atoms with Crippen LogP contribution in [0, 0.1) is 0 Å². The van der Waals surface area contributed by atoms with E-state index in [0.717, 1.165) is 42.1 Å². The Morgan fingerprint density at radius 3 is 2.22 bits per heavy atom. The Kier molecular flexibility index (Phi) is 7.05. The van der Waals surface area contributed by atoms with Gasteiger partial charge in [-0.3, -0.25) is 9.69 Å². The third kappa shape index (κ3) is 4.63. The lowest BCUT2D eigenvalue weighted by Crippen LogP contribution is -2.40. The Labute approximate surface area is 193 Å². The van der Waals surface area contributed by atoms with Crippen LogP contribution in [0.5, 0.6) is 17.2 Å². The van der Waals surface area contributed by atoms with Crippen molar-refractivity contribution in [1.82, 2.24) is 4.90 Å². The summed E-state index contributed by atoms with van der Waals surface area (Å²) in [6.45, 7) is 0. The average molecular weight is 453 g/mol. The normalized spacial score (nSPS) is 19.6. The molecule has 2 fully saturated rings. The molecule has 32 heavy (non-hydrogen) atoms. The van der Waals surface area contributed by atoms with Gasteiger partial charge in [-0.05, 0) is 60.5 Å². The first-order valence-corrected chi connectivity index (χ1v) is 11.6. The van der Waals surface area contributed by atoms with Crippen molar-refractivity contribution in [2.45, 2.75) is 38.1 Å². The minimum absolute atomic E-state index is 0.00494. The van der Waals surface area contributed by atoms with Crippen LogP contribution in [0.3, 0.4) is 0 Å². The van der Waals surface area contributed by atoms with Crippen molar-refractivity contribution in [3.63, 3.8) is 0 Å². The molecule has 1 saturated heterocycles. The summed E-state index contributed by atoms with van der Waals surface area (Å²) in [6, 6.07) is 13.7. The second kappa shape index (κ2) is 10.1. The topological polar surface area (TPSA) is 60.4 Å². The quantitative estimate of drug-likeness (QED) is 0.530. The number of nitrogens with zero attached hydrogens (tertiary/aromatic N) is 2. The number of hydrogen-bond acceptors (Lipinski definition) is 6. The van der Waals surface area contributed by atoms with Crippen molar-refractivity contribution >= 4 is 34.6 Å². The maximum Gasteiger partial charge on any atom is 0.267 e. The summed E-state index contributed by atoms with van der Waals surface area (Å²) < 4.78 is 16.3. The van der Waals surface area contributed by atoms with E-state index in [9.17, 15) is 4.79 Å². The summed E-state index contributed by atoms with van der Waals surface area (Å²) in [6.07, 6.45) is 7.41. The first-order valence-electron chi connectivity index (χ1n) is 10.8. The lowest BCUT2D eigenvalue weighted by molar-refractivity contribution is -0.124. The van der Waals surface area contributed by atoms with Crippen molar-refractivity contribution in [1.29, 1.82) is 0 Å². The number of carbonyl (C=O) groups excluding carboxylic acids is 1. The molecule has 1 aliphatic heterocycles. The van der Waals surface area contributed by atoms with Crippen molar-refractivity contribution < 1.29 is 19.0 Å². The first kappa shape index (κ1) is 22.3. The molecule has 0 bridgehead atoms. The lowest BCUT2D eigenvalue weighted by Gasteiger charge is -2.30. The van der Waals surface area contributed by atoms with E-state index < -0.39 is 0 Å². The van der Waals surface area contributed by atoms with E-state index in [2.05, 4.69) is 0 Å². The molecular weight excluding hydrogens is 424 g/mol. The SMILES string of the molecule is COc1cc(/C=C2\SC(=Nc3ccccc3)N(C3CCCCC3)C2=O)cc(OC)c1OC. The fourth-order valence-corrected chi connectivity index (χ4v) is 5.23. The van der Waals surface area contributed by atoms with Gasteiger partial charge in [0, 0.05) is 6.04 Å². The Bertz CT molecular complexity index is 1000. The van der Waals surface area contributed by atoms with Crippen LogP contribution >= 0.6 is 11.8 Å². The zero-order chi connectivity index (χ0) is 22.5. The fourth-order valence-electron chi connectivity index (χ4n) is 4.17. The van der Waals surface area contributed by atoms with Crippen LogP contribution < -0.4 is 14.2 Å². The van der Waals surface area contributed by atoms with E-state index in [0.29, 0.717) is 22.2 Å². The molecule has 1 saturated carbocycles. The van der Waals surface area contributed by atoms with E-state index in [4.69, 9.17) is 19.2 Å². The Morgan fingerprint density at radius 2 is 1.62 bits per heavy atom. The number of amides is 1. The number of ether oxygens (including phenoxy) is 3. The molecule has 4 rings (SSSR count). The first-order chi connectivity index (χ1) is 15.6. The third-order valence-electron chi connectivity index (χ3n) is 5.74. The summed E-state index contributed by atoms with van der Waals surface area (Å²) >= 11 is 1.42. The van der Waals surface area contributed by atoms with Crippen LogP contribution in [0.25, 0.3) is 6.08 Å². The molecular formula is C25H28N2O4S. The number of amidine groups is 1. The molecule has 2 aromatic carbocycles. The molecule has 0 atom stereocenters. The number of rotatable bonds is 6. The van der Waals surface area contributed by atoms with Crippen molar-refractivity contribution in [2.24, 2.45) is 4.99 Å². The molecule has 2 aromatic rings. The monoisotopic (exact) mass is 452 g/mol. The van der Waals surface area contributed by atoms with Crippen LogP contribution in [0.15, 0.2) is 52.4 Å². The molecule has 2 aliphatic rings. The third-order valence-corrected chi connectivity index (χ3v) is 6.73. The standard InChI is InChI=1S/C25H28N2O4S/c1-29-20-14-17(15-21(30-2)23(20)31-3)16-22-24(28)27(19-12-8-5-9-13-19)25(32-22)26-18-10-6-4-7-11-18/h4,6-7,10-11,14-16,19H,5,8-9,12-13H2,1-3H3/b22-16-,26-25?. The van der Waals surface area contributed by atoms with E-state index >= 15 is 0 Å². The molecule has 0 N–H and O–H groups in total. The molecule has 0 aromatic heterocycles. The molecule has 1 heterocycles. The van der Waals surface area contributed by atoms with Crippen LogP contribution in [0.1, 0.15) is 37.7 Å². The Hall–Kier alpha value is -2.93. The summed E-state index contributed by atoms with van der Waals surface area (Å²) in [5.41, 5.74) is 1.65. The Balaban J connectivity index is 1.73. The molecule has 168 valence electrons. The van der Waals surface area contributed by atoms with Gasteiger partial charge in [0.05, 0.1) is 31.9 Å². The van der Waals surface area contributed by atoms with Crippen molar-refractivity contribution in [2.75, 3.05) is 21.3 Å². The van der Waals surface area contributed by atoms with Gasteiger partial charge in [-0.1, -0.05) is 37.5 Å². The molecule has 1 aliphatic carbocycles. The highest BCUT2D eigenvalue weighted by molar-refractivity contribution is 8.18. The number of hydrogen-bond donors (Lipinski definition) is 0.